The van der Waals surface area contributed by atoms with Gasteiger partial charge < -0.3 is 24.8 Å². The number of benzene rings is 1. The Morgan fingerprint density at radius 3 is 2.65 bits per heavy atom. The molecular formula is C14H18N2O4. The SMILES string of the molecule is CN1CCC(NC(=O)c2cc3c(cc2O)OCO3)CC1. The van der Waals surface area contributed by atoms with Crippen LogP contribution in [0, 0.1) is 0 Å². The van der Waals surface area contributed by atoms with Gasteiger partial charge in [-0.05, 0) is 33.0 Å². The molecule has 20 heavy (non-hydrogen) atoms. The zero-order chi connectivity index (χ0) is 14.1. The summed E-state index contributed by atoms with van der Waals surface area (Å²) in [6.07, 6.45) is 1.85. The standard InChI is InChI=1S/C14H18N2O4/c1-16-4-2-9(3-5-16)15-14(18)10-6-12-13(7-11(10)17)20-8-19-12/h6-7,9,17H,2-5,8H2,1H3,(H,15,18). The van der Waals surface area contributed by atoms with Crippen molar-refractivity contribution in [2.24, 2.45) is 0 Å². The molecule has 2 N–H and O–H groups in total. The highest BCUT2D eigenvalue weighted by Crippen LogP contribution is 2.37. The van der Waals surface area contributed by atoms with Gasteiger partial charge in [0.05, 0.1) is 5.56 Å². The van der Waals surface area contributed by atoms with Gasteiger partial charge in [-0.3, -0.25) is 4.79 Å². The average molecular weight is 278 g/mol. The molecule has 0 aliphatic carbocycles. The molecule has 0 saturated carbocycles. The van der Waals surface area contributed by atoms with E-state index in [0.717, 1.165) is 25.9 Å². The Morgan fingerprint density at radius 1 is 1.30 bits per heavy atom. The number of hydrogen-bond acceptors (Lipinski definition) is 5. The molecule has 1 aromatic rings. The number of nitrogens with one attached hydrogen (secondary N) is 1. The molecule has 1 amide bonds. The largest absolute Gasteiger partial charge is 0.507 e. The smallest absolute Gasteiger partial charge is 0.255 e. The van der Waals surface area contributed by atoms with Gasteiger partial charge in [-0.1, -0.05) is 0 Å². The molecule has 2 aliphatic rings. The van der Waals surface area contributed by atoms with Crippen LogP contribution in [0.1, 0.15) is 23.2 Å². The van der Waals surface area contributed by atoms with Crippen LogP contribution in [0.2, 0.25) is 0 Å². The topological polar surface area (TPSA) is 71.0 Å². The minimum atomic E-state index is -0.268. The van der Waals surface area contributed by atoms with Crippen LogP contribution in [0.5, 0.6) is 17.2 Å². The van der Waals surface area contributed by atoms with Crippen LogP contribution in [0.3, 0.4) is 0 Å². The molecular weight excluding hydrogens is 260 g/mol. The fourth-order valence-electron chi connectivity index (χ4n) is 2.53. The molecule has 1 aromatic carbocycles. The van der Waals surface area contributed by atoms with Gasteiger partial charge in [0.1, 0.15) is 5.75 Å². The fourth-order valence-corrected chi connectivity index (χ4v) is 2.53. The van der Waals surface area contributed by atoms with Crippen molar-refractivity contribution in [1.82, 2.24) is 10.2 Å². The summed E-state index contributed by atoms with van der Waals surface area (Å²) in [6, 6.07) is 3.11. The minimum Gasteiger partial charge on any atom is -0.507 e. The Bertz CT molecular complexity index is 524. The number of carbonyl (C=O) groups excluding carboxylic acids is 1. The third-order valence-electron chi connectivity index (χ3n) is 3.79. The second-order valence-electron chi connectivity index (χ2n) is 5.27. The lowest BCUT2D eigenvalue weighted by Gasteiger charge is -2.29. The lowest BCUT2D eigenvalue weighted by molar-refractivity contribution is 0.0914. The second kappa shape index (κ2) is 5.20. The highest BCUT2D eigenvalue weighted by atomic mass is 16.7. The van der Waals surface area contributed by atoms with Crippen molar-refractivity contribution in [1.29, 1.82) is 0 Å². The van der Waals surface area contributed by atoms with Gasteiger partial charge >= 0.3 is 0 Å². The first kappa shape index (κ1) is 13.1. The van der Waals surface area contributed by atoms with Crippen molar-refractivity contribution in [2.75, 3.05) is 26.9 Å². The van der Waals surface area contributed by atoms with Gasteiger partial charge in [0.2, 0.25) is 6.79 Å². The molecule has 0 bridgehead atoms. The van der Waals surface area contributed by atoms with E-state index in [2.05, 4.69) is 17.3 Å². The number of rotatable bonds is 2. The van der Waals surface area contributed by atoms with Crippen molar-refractivity contribution in [3.05, 3.63) is 17.7 Å². The number of aromatic hydroxyl groups is 1. The summed E-state index contributed by atoms with van der Waals surface area (Å²) in [4.78, 5) is 14.5. The molecule has 2 aliphatic heterocycles. The Morgan fingerprint density at radius 2 is 1.95 bits per heavy atom. The van der Waals surface area contributed by atoms with E-state index in [1.54, 1.807) is 0 Å². The van der Waals surface area contributed by atoms with Gasteiger partial charge in [0.25, 0.3) is 5.91 Å². The predicted octanol–water partition coefficient (Wildman–Crippen LogP) is 0.945. The zero-order valence-electron chi connectivity index (χ0n) is 11.4. The lowest BCUT2D eigenvalue weighted by Crippen LogP contribution is -2.43. The number of amides is 1. The van der Waals surface area contributed by atoms with Crippen LogP contribution >= 0.6 is 0 Å². The summed E-state index contributed by atoms with van der Waals surface area (Å²) in [5.41, 5.74) is 0.230. The first-order valence-corrected chi connectivity index (χ1v) is 6.75. The van der Waals surface area contributed by atoms with E-state index in [0.29, 0.717) is 11.5 Å². The van der Waals surface area contributed by atoms with Crippen LogP contribution in [-0.2, 0) is 0 Å². The maximum atomic E-state index is 12.2. The number of likely N-dealkylation sites (tertiary alicyclic amines) is 1. The number of hydrogen-bond donors (Lipinski definition) is 2. The van der Waals surface area contributed by atoms with Gasteiger partial charge in [-0.25, -0.2) is 0 Å². The number of fused-ring (bicyclic) bond motifs is 1. The molecule has 0 atom stereocenters. The first-order valence-electron chi connectivity index (χ1n) is 6.75. The predicted molar refractivity (Wildman–Crippen MR) is 72.2 cm³/mol. The van der Waals surface area contributed by atoms with E-state index >= 15 is 0 Å². The molecule has 6 heteroatoms. The zero-order valence-corrected chi connectivity index (χ0v) is 11.4. The van der Waals surface area contributed by atoms with Crippen LogP contribution in [0.4, 0.5) is 0 Å². The molecule has 2 heterocycles. The van der Waals surface area contributed by atoms with Crippen LogP contribution < -0.4 is 14.8 Å². The van der Waals surface area contributed by atoms with E-state index in [9.17, 15) is 9.90 Å². The van der Waals surface area contributed by atoms with E-state index in [1.807, 2.05) is 0 Å². The number of nitrogens with zero attached hydrogens (tertiary/aromatic N) is 1. The second-order valence-corrected chi connectivity index (χ2v) is 5.27. The van der Waals surface area contributed by atoms with Crippen molar-refractivity contribution >= 4 is 5.91 Å². The normalized spacial score (nSPS) is 19.1. The number of phenols is 1. The molecule has 6 nitrogen and oxygen atoms in total. The average Bonchev–Trinajstić information content (AvgIpc) is 2.87. The molecule has 108 valence electrons. The van der Waals surface area contributed by atoms with Crippen LogP contribution in [-0.4, -0.2) is 48.9 Å². The first-order chi connectivity index (χ1) is 9.63. The Kier molecular flexibility index (Phi) is 3.40. The van der Waals surface area contributed by atoms with E-state index in [1.165, 1.54) is 12.1 Å². The Labute approximate surface area is 117 Å². The van der Waals surface area contributed by atoms with E-state index < -0.39 is 0 Å². The summed E-state index contributed by atoms with van der Waals surface area (Å²) in [5.74, 6) is 0.615. The number of ether oxygens (including phenoxy) is 2. The van der Waals surface area contributed by atoms with Crippen LogP contribution in [0.15, 0.2) is 12.1 Å². The monoisotopic (exact) mass is 278 g/mol. The maximum absolute atomic E-state index is 12.2. The number of piperidine rings is 1. The molecule has 1 fully saturated rings. The van der Waals surface area contributed by atoms with Gasteiger partial charge in [0.15, 0.2) is 11.5 Å². The Balaban J connectivity index is 1.71. The third-order valence-corrected chi connectivity index (χ3v) is 3.79. The Hall–Kier alpha value is -1.95. The van der Waals surface area contributed by atoms with Gasteiger partial charge in [-0.15, -0.1) is 0 Å². The third kappa shape index (κ3) is 2.51. The molecule has 1 saturated heterocycles. The lowest BCUT2D eigenvalue weighted by atomic mass is 10.0. The van der Waals surface area contributed by atoms with E-state index in [-0.39, 0.29) is 30.1 Å². The van der Waals surface area contributed by atoms with Crippen molar-refractivity contribution in [2.45, 2.75) is 18.9 Å². The summed E-state index contributed by atoms with van der Waals surface area (Å²) in [7, 11) is 2.07. The van der Waals surface area contributed by atoms with Crippen molar-refractivity contribution in [3.8, 4) is 17.2 Å². The van der Waals surface area contributed by atoms with Gasteiger partial charge in [-0.2, -0.15) is 0 Å². The molecule has 0 unspecified atom stereocenters. The molecule has 0 aromatic heterocycles. The number of carbonyl (C=O) groups is 1. The van der Waals surface area contributed by atoms with Gasteiger partial charge in [0, 0.05) is 18.2 Å². The number of phenolic OH excluding ortho intramolecular Hbond substituents is 1. The summed E-state index contributed by atoms with van der Waals surface area (Å²) >= 11 is 0. The summed E-state index contributed by atoms with van der Waals surface area (Å²) < 4.78 is 10.4. The molecule has 0 spiro atoms. The molecule has 0 radical (unpaired) electrons. The molecule has 3 rings (SSSR count). The maximum Gasteiger partial charge on any atom is 0.255 e. The fraction of sp³-hybridized carbons (Fsp3) is 0.500. The summed E-state index contributed by atoms with van der Waals surface area (Å²) in [5, 5.41) is 12.9. The van der Waals surface area contributed by atoms with Crippen LogP contribution in [0.25, 0.3) is 0 Å². The van der Waals surface area contributed by atoms with E-state index in [4.69, 9.17) is 9.47 Å². The highest BCUT2D eigenvalue weighted by molar-refractivity contribution is 5.97. The van der Waals surface area contributed by atoms with Crippen molar-refractivity contribution < 1.29 is 19.4 Å². The highest BCUT2D eigenvalue weighted by Gasteiger charge is 2.23. The van der Waals surface area contributed by atoms with Crippen molar-refractivity contribution in [3.63, 3.8) is 0 Å². The summed E-state index contributed by atoms with van der Waals surface area (Å²) in [6.45, 7) is 2.06. The quantitative estimate of drug-likeness (QED) is 0.842. The minimum absolute atomic E-state index is 0.0836.